The highest BCUT2D eigenvalue weighted by Crippen LogP contribution is 2.25. The van der Waals surface area contributed by atoms with Crippen molar-refractivity contribution in [2.45, 2.75) is 31.6 Å². The van der Waals surface area contributed by atoms with E-state index >= 15 is 0 Å². The predicted molar refractivity (Wildman–Crippen MR) is 74.5 cm³/mol. The van der Waals surface area contributed by atoms with Gasteiger partial charge in [-0.3, -0.25) is 0 Å². The van der Waals surface area contributed by atoms with Gasteiger partial charge in [-0.05, 0) is 44.2 Å². The first-order valence-corrected chi connectivity index (χ1v) is 8.07. The van der Waals surface area contributed by atoms with Gasteiger partial charge in [-0.15, -0.1) is 0 Å². The van der Waals surface area contributed by atoms with Gasteiger partial charge in [-0.25, -0.2) is 8.42 Å². The molecule has 19 heavy (non-hydrogen) atoms. The summed E-state index contributed by atoms with van der Waals surface area (Å²) in [4.78, 5) is 0.403. The zero-order valence-electron chi connectivity index (χ0n) is 11.5. The Bertz CT molecular complexity index is 546. The fourth-order valence-electron chi connectivity index (χ4n) is 2.56. The topological polar surface area (TPSA) is 57.6 Å². The molecule has 106 valence electrons. The zero-order chi connectivity index (χ0) is 14.0. The molecular weight excluding hydrogens is 262 g/mol. The summed E-state index contributed by atoms with van der Waals surface area (Å²) in [7, 11) is -3.39. The number of sulfonamides is 1. The van der Waals surface area contributed by atoms with E-state index in [0.717, 1.165) is 24.0 Å². The van der Waals surface area contributed by atoms with Crippen LogP contribution in [0.25, 0.3) is 0 Å². The molecule has 2 rings (SSSR count). The fraction of sp³-hybridized carbons (Fsp3) is 0.571. The first-order chi connectivity index (χ1) is 8.95. The highest BCUT2D eigenvalue weighted by Gasteiger charge is 2.29. The molecule has 1 fully saturated rings. The van der Waals surface area contributed by atoms with Crippen LogP contribution in [0, 0.1) is 19.8 Å². The van der Waals surface area contributed by atoms with Crippen molar-refractivity contribution in [3.05, 3.63) is 29.3 Å². The van der Waals surface area contributed by atoms with Crippen molar-refractivity contribution in [2.75, 3.05) is 19.7 Å². The second kappa shape index (κ2) is 5.61. The summed E-state index contributed by atoms with van der Waals surface area (Å²) in [6, 6.07) is 5.42. The summed E-state index contributed by atoms with van der Waals surface area (Å²) in [6.07, 6.45) is 1.47. The number of nitrogens with zero attached hydrogens (tertiary/aromatic N) is 1. The van der Waals surface area contributed by atoms with Gasteiger partial charge in [0, 0.05) is 19.7 Å². The Kier molecular flexibility index (Phi) is 4.28. The SMILES string of the molecule is Cc1ccc(S(=O)(=O)N2CCC(CO)CC2)c(C)c1. The molecule has 0 aliphatic carbocycles. The molecule has 4 nitrogen and oxygen atoms in total. The number of hydrogen-bond donors (Lipinski definition) is 1. The minimum atomic E-state index is -3.39. The monoisotopic (exact) mass is 283 g/mol. The van der Waals surface area contributed by atoms with Gasteiger partial charge in [0.1, 0.15) is 0 Å². The van der Waals surface area contributed by atoms with Crippen molar-refractivity contribution >= 4 is 10.0 Å². The average molecular weight is 283 g/mol. The maximum Gasteiger partial charge on any atom is 0.243 e. The Morgan fingerprint density at radius 3 is 2.42 bits per heavy atom. The van der Waals surface area contributed by atoms with Crippen LogP contribution in [0.2, 0.25) is 0 Å². The lowest BCUT2D eigenvalue weighted by Gasteiger charge is -2.30. The van der Waals surface area contributed by atoms with Gasteiger partial charge in [0.05, 0.1) is 4.90 Å². The lowest BCUT2D eigenvalue weighted by atomic mass is 10.00. The van der Waals surface area contributed by atoms with Gasteiger partial charge < -0.3 is 5.11 Å². The maximum atomic E-state index is 12.6. The molecule has 0 bridgehead atoms. The first-order valence-electron chi connectivity index (χ1n) is 6.63. The number of aliphatic hydroxyl groups is 1. The largest absolute Gasteiger partial charge is 0.396 e. The van der Waals surface area contributed by atoms with Gasteiger partial charge >= 0.3 is 0 Å². The predicted octanol–water partition coefficient (Wildman–Crippen LogP) is 1.70. The summed E-state index contributed by atoms with van der Waals surface area (Å²) in [5.74, 6) is 0.241. The standard InChI is InChI=1S/C14H21NO3S/c1-11-3-4-14(12(2)9-11)19(17,18)15-7-5-13(10-16)6-8-15/h3-4,9,13,16H,5-8,10H2,1-2H3. The van der Waals surface area contributed by atoms with Crippen molar-refractivity contribution < 1.29 is 13.5 Å². The van der Waals surface area contributed by atoms with Gasteiger partial charge in [0.25, 0.3) is 0 Å². The molecule has 1 aromatic carbocycles. The lowest BCUT2D eigenvalue weighted by molar-refractivity contribution is 0.170. The van der Waals surface area contributed by atoms with Gasteiger partial charge in [0.15, 0.2) is 0 Å². The molecule has 1 aliphatic rings. The second-order valence-corrected chi connectivity index (χ2v) is 7.21. The van der Waals surface area contributed by atoms with E-state index in [1.165, 1.54) is 4.31 Å². The molecule has 0 aromatic heterocycles. The van der Waals surface area contributed by atoms with Crippen LogP contribution in [0.5, 0.6) is 0 Å². The molecule has 0 atom stereocenters. The first kappa shape index (κ1) is 14.5. The van der Waals surface area contributed by atoms with Gasteiger partial charge in [-0.2, -0.15) is 4.31 Å². The normalized spacial score (nSPS) is 18.7. The Hall–Kier alpha value is -0.910. The summed E-state index contributed by atoms with van der Waals surface area (Å²) in [6.45, 7) is 4.94. The van der Waals surface area contributed by atoms with Crippen molar-refractivity contribution in [3.63, 3.8) is 0 Å². The van der Waals surface area contributed by atoms with Crippen LogP contribution in [0.15, 0.2) is 23.1 Å². The summed E-state index contributed by atoms with van der Waals surface area (Å²) >= 11 is 0. The van der Waals surface area contributed by atoms with Gasteiger partial charge in [-0.1, -0.05) is 17.7 Å². The third kappa shape index (κ3) is 2.99. The average Bonchev–Trinajstić information content (AvgIpc) is 2.38. The van der Waals surface area contributed by atoms with E-state index in [1.807, 2.05) is 26.0 Å². The van der Waals surface area contributed by atoms with Crippen molar-refractivity contribution in [2.24, 2.45) is 5.92 Å². The van der Waals surface area contributed by atoms with E-state index in [2.05, 4.69) is 0 Å². The van der Waals surface area contributed by atoms with Gasteiger partial charge in [0.2, 0.25) is 10.0 Å². The minimum Gasteiger partial charge on any atom is -0.396 e. The molecule has 1 aliphatic heterocycles. The lowest BCUT2D eigenvalue weighted by Crippen LogP contribution is -2.39. The van der Waals surface area contributed by atoms with E-state index < -0.39 is 10.0 Å². The van der Waals surface area contributed by atoms with E-state index in [-0.39, 0.29) is 12.5 Å². The van der Waals surface area contributed by atoms with Crippen LogP contribution < -0.4 is 0 Å². The third-order valence-electron chi connectivity index (χ3n) is 3.78. The van der Waals surface area contributed by atoms with Crippen LogP contribution in [-0.2, 0) is 10.0 Å². The molecule has 1 heterocycles. The number of aliphatic hydroxyl groups excluding tert-OH is 1. The van der Waals surface area contributed by atoms with E-state index in [0.29, 0.717) is 18.0 Å². The van der Waals surface area contributed by atoms with Crippen LogP contribution in [-0.4, -0.2) is 37.5 Å². The van der Waals surface area contributed by atoms with Crippen LogP contribution in [0.1, 0.15) is 24.0 Å². The Morgan fingerprint density at radius 2 is 1.89 bits per heavy atom. The van der Waals surface area contributed by atoms with Crippen LogP contribution in [0.3, 0.4) is 0 Å². The fourth-order valence-corrected chi connectivity index (χ4v) is 4.24. The second-order valence-electron chi connectivity index (χ2n) is 5.30. The smallest absolute Gasteiger partial charge is 0.243 e. The van der Waals surface area contributed by atoms with Crippen LogP contribution >= 0.6 is 0 Å². The number of rotatable bonds is 3. The Balaban J connectivity index is 2.23. The Labute approximate surface area is 115 Å². The molecule has 0 saturated carbocycles. The number of piperidine rings is 1. The highest BCUT2D eigenvalue weighted by molar-refractivity contribution is 7.89. The molecule has 1 aromatic rings. The maximum absolute atomic E-state index is 12.6. The minimum absolute atomic E-state index is 0.150. The molecular formula is C14H21NO3S. The highest BCUT2D eigenvalue weighted by atomic mass is 32.2. The molecule has 0 unspecified atom stereocenters. The summed E-state index contributed by atoms with van der Waals surface area (Å²) < 4.78 is 26.7. The van der Waals surface area contributed by atoms with Crippen molar-refractivity contribution in [1.29, 1.82) is 0 Å². The van der Waals surface area contributed by atoms with E-state index in [4.69, 9.17) is 5.11 Å². The number of benzene rings is 1. The van der Waals surface area contributed by atoms with Crippen molar-refractivity contribution in [1.82, 2.24) is 4.31 Å². The number of aryl methyl sites for hydroxylation is 2. The van der Waals surface area contributed by atoms with E-state index in [1.54, 1.807) is 6.07 Å². The molecule has 0 spiro atoms. The Morgan fingerprint density at radius 1 is 1.26 bits per heavy atom. The van der Waals surface area contributed by atoms with E-state index in [9.17, 15) is 8.42 Å². The molecule has 0 amide bonds. The van der Waals surface area contributed by atoms with Crippen molar-refractivity contribution in [3.8, 4) is 0 Å². The quantitative estimate of drug-likeness (QED) is 0.918. The third-order valence-corrected chi connectivity index (χ3v) is 5.84. The molecule has 1 N–H and O–H groups in total. The van der Waals surface area contributed by atoms with Crippen LogP contribution in [0.4, 0.5) is 0 Å². The summed E-state index contributed by atoms with van der Waals surface area (Å²) in [5.41, 5.74) is 1.86. The number of hydrogen-bond acceptors (Lipinski definition) is 3. The summed E-state index contributed by atoms with van der Waals surface area (Å²) in [5, 5.41) is 9.10. The zero-order valence-corrected chi connectivity index (χ0v) is 12.3. The molecule has 1 saturated heterocycles. The molecule has 5 heteroatoms. The molecule has 0 radical (unpaired) electrons.